The Balaban J connectivity index is 1.86. The number of aromatic nitrogens is 1. The van der Waals surface area contributed by atoms with Crippen LogP contribution in [-0.4, -0.2) is 29.2 Å². The molecule has 12 heteroatoms. The van der Waals surface area contributed by atoms with Gasteiger partial charge in [0.2, 0.25) is 0 Å². The maximum atomic E-state index is 13.3. The zero-order valence-corrected chi connectivity index (χ0v) is 23.6. The van der Waals surface area contributed by atoms with Crippen LogP contribution in [0, 0.1) is 12.8 Å². The third-order valence-electron chi connectivity index (χ3n) is 6.77. The second-order valence-electron chi connectivity index (χ2n) is 9.49. The van der Waals surface area contributed by atoms with Gasteiger partial charge in [0.25, 0.3) is 15.6 Å². The smallest absolute Gasteiger partial charge is 0.335 e. The third-order valence-corrected chi connectivity index (χ3v) is 8.16. The van der Waals surface area contributed by atoms with Gasteiger partial charge in [-0.15, -0.1) is 5.11 Å². The van der Waals surface area contributed by atoms with Crippen molar-refractivity contribution in [1.29, 1.82) is 0 Å². The molecule has 3 rings (SSSR count). The molecule has 0 aliphatic rings. The number of azo groups is 1. The number of rotatable bonds is 13. The molecule has 1 heterocycles. The molecule has 0 aliphatic heterocycles. The van der Waals surface area contributed by atoms with Crippen molar-refractivity contribution in [3.8, 4) is 5.88 Å². The summed E-state index contributed by atoms with van der Waals surface area (Å²) < 4.78 is 29.2. The summed E-state index contributed by atoms with van der Waals surface area (Å²) >= 11 is 0. The van der Waals surface area contributed by atoms with Gasteiger partial charge in [-0.05, 0) is 73.4 Å². The molecule has 0 saturated carbocycles. The van der Waals surface area contributed by atoms with E-state index in [-0.39, 0.29) is 40.2 Å². The first-order chi connectivity index (χ1) is 19.0. The van der Waals surface area contributed by atoms with Gasteiger partial charge >= 0.3 is 5.97 Å². The summed E-state index contributed by atoms with van der Waals surface area (Å²) in [6.07, 6.45) is 3.84. The summed E-state index contributed by atoms with van der Waals surface area (Å²) in [6.45, 7) is 6.17. The number of hydrogen-bond acceptors (Lipinski definition) is 8. The molecule has 1 aromatic heterocycles. The summed E-state index contributed by atoms with van der Waals surface area (Å²) in [5.41, 5.74) is 6.89. The Morgan fingerprint density at radius 1 is 1.07 bits per heavy atom. The van der Waals surface area contributed by atoms with Crippen LogP contribution in [0.3, 0.4) is 0 Å². The Hall–Kier alpha value is -4.03. The van der Waals surface area contributed by atoms with Crippen LogP contribution in [0.5, 0.6) is 5.88 Å². The molecule has 11 nitrogen and oxygen atoms in total. The number of pyridine rings is 1. The highest BCUT2D eigenvalue weighted by Gasteiger charge is 2.21. The molecule has 3 aromatic rings. The zero-order valence-electron chi connectivity index (χ0n) is 22.8. The molecule has 40 heavy (non-hydrogen) atoms. The fraction of sp³-hybridized carbons (Fsp3) is 0.357. The maximum Gasteiger partial charge on any atom is 0.335 e. The molecule has 1 atom stereocenters. The SMILES string of the molecule is CCCCC(CC)Cn1c(O)c(CN)c(C)c(N=Nc2ccc(S(=O)(=O)Nc3ccc(C(=O)O)cc3)cc2)c1=O. The number of aromatic carboxylic acids is 1. The van der Waals surface area contributed by atoms with E-state index in [0.29, 0.717) is 23.4 Å². The van der Waals surface area contributed by atoms with Crippen molar-refractivity contribution in [3.63, 3.8) is 0 Å². The lowest BCUT2D eigenvalue weighted by Gasteiger charge is -2.20. The van der Waals surface area contributed by atoms with Gasteiger partial charge in [-0.25, -0.2) is 13.2 Å². The molecular weight excluding hydrogens is 534 g/mol. The second kappa shape index (κ2) is 13.4. The van der Waals surface area contributed by atoms with Crippen molar-refractivity contribution in [3.05, 3.63) is 75.6 Å². The average Bonchev–Trinajstić information content (AvgIpc) is 2.93. The minimum Gasteiger partial charge on any atom is -0.494 e. The van der Waals surface area contributed by atoms with E-state index in [1.165, 1.54) is 53.1 Å². The summed E-state index contributed by atoms with van der Waals surface area (Å²) in [4.78, 5) is 24.3. The number of benzene rings is 2. The minimum atomic E-state index is -3.95. The van der Waals surface area contributed by atoms with Gasteiger partial charge in [0, 0.05) is 24.3 Å². The lowest BCUT2D eigenvalue weighted by atomic mass is 9.99. The molecule has 0 spiro atoms. The van der Waals surface area contributed by atoms with Crippen molar-refractivity contribution in [2.24, 2.45) is 21.9 Å². The first-order valence-electron chi connectivity index (χ1n) is 13.1. The summed E-state index contributed by atoms with van der Waals surface area (Å²) in [6, 6.07) is 10.9. The van der Waals surface area contributed by atoms with Crippen LogP contribution in [-0.2, 0) is 23.1 Å². The van der Waals surface area contributed by atoms with Crippen LogP contribution in [0.15, 0.2) is 68.4 Å². The molecule has 214 valence electrons. The number of nitrogens with one attached hydrogen (secondary N) is 1. The highest BCUT2D eigenvalue weighted by atomic mass is 32.2. The fourth-order valence-corrected chi connectivity index (χ4v) is 5.32. The molecule has 0 aliphatic carbocycles. The predicted molar refractivity (Wildman–Crippen MR) is 153 cm³/mol. The van der Waals surface area contributed by atoms with Gasteiger partial charge in [-0.2, -0.15) is 5.11 Å². The van der Waals surface area contributed by atoms with E-state index in [1.807, 2.05) is 0 Å². The number of sulfonamides is 1. The quantitative estimate of drug-likeness (QED) is 0.198. The van der Waals surface area contributed by atoms with Crippen molar-refractivity contribution in [2.75, 3.05) is 4.72 Å². The molecule has 0 amide bonds. The Morgan fingerprint density at radius 3 is 2.27 bits per heavy atom. The first-order valence-corrected chi connectivity index (χ1v) is 14.5. The monoisotopic (exact) mass is 569 g/mol. The minimum absolute atomic E-state index is 0.0187. The molecule has 2 aromatic carbocycles. The number of aromatic hydroxyl groups is 1. The zero-order chi connectivity index (χ0) is 29.4. The van der Waals surface area contributed by atoms with Gasteiger partial charge in [0.15, 0.2) is 11.6 Å². The molecule has 0 saturated heterocycles. The van der Waals surface area contributed by atoms with E-state index in [1.54, 1.807) is 6.92 Å². The molecule has 5 N–H and O–H groups in total. The van der Waals surface area contributed by atoms with E-state index in [4.69, 9.17) is 10.8 Å². The number of carboxylic acid groups (broad SMARTS) is 1. The Bertz CT molecular complexity index is 1530. The number of unbranched alkanes of at least 4 members (excludes halogenated alkanes) is 1. The number of carboxylic acids is 1. The second-order valence-corrected chi connectivity index (χ2v) is 11.2. The van der Waals surface area contributed by atoms with Gasteiger partial charge in [0.05, 0.1) is 16.1 Å². The predicted octanol–water partition coefficient (Wildman–Crippen LogP) is 5.45. The van der Waals surface area contributed by atoms with Crippen LogP contribution in [0.4, 0.5) is 17.1 Å². The number of hydrogen-bond donors (Lipinski definition) is 4. The average molecular weight is 570 g/mol. The van der Waals surface area contributed by atoms with Crippen LogP contribution in [0.2, 0.25) is 0 Å². The van der Waals surface area contributed by atoms with Gasteiger partial charge in [-0.1, -0.05) is 33.1 Å². The van der Waals surface area contributed by atoms with E-state index >= 15 is 0 Å². The van der Waals surface area contributed by atoms with Crippen molar-refractivity contribution in [1.82, 2.24) is 4.57 Å². The fourth-order valence-electron chi connectivity index (χ4n) is 4.26. The van der Waals surface area contributed by atoms with E-state index in [2.05, 4.69) is 28.8 Å². The molecule has 0 radical (unpaired) electrons. The Kier molecular flexibility index (Phi) is 10.2. The molecule has 1 unspecified atom stereocenters. The van der Waals surface area contributed by atoms with Gasteiger partial charge < -0.3 is 15.9 Å². The van der Waals surface area contributed by atoms with Gasteiger partial charge in [-0.3, -0.25) is 14.1 Å². The van der Waals surface area contributed by atoms with Crippen molar-refractivity contribution >= 4 is 33.1 Å². The largest absolute Gasteiger partial charge is 0.494 e. The van der Waals surface area contributed by atoms with E-state index < -0.39 is 21.6 Å². The highest BCUT2D eigenvalue weighted by molar-refractivity contribution is 7.92. The first kappa shape index (κ1) is 30.5. The van der Waals surface area contributed by atoms with Crippen LogP contribution >= 0.6 is 0 Å². The topological polar surface area (TPSA) is 176 Å². The normalized spacial score (nSPS) is 12.5. The number of nitrogens with zero attached hydrogens (tertiary/aromatic N) is 3. The third kappa shape index (κ3) is 7.13. The lowest BCUT2D eigenvalue weighted by Crippen LogP contribution is -2.26. The summed E-state index contributed by atoms with van der Waals surface area (Å²) in [5.74, 6) is -1.06. The standard InChI is InChI=1S/C28H35N5O6S/c1-4-6-7-19(5-2)17-33-26(34)24(16-29)18(3)25(27(33)35)31-30-21-12-14-23(15-13-21)40(38,39)32-22-10-8-20(9-11-22)28(36)37/h8-15,19,32,34H,4-7,16-17,29H2,1-3H3,(H,36,37). The molecule has 0 fully saturated rings. The summed E-state index contributed by atoms with van der Waals surface area (Å²) in [5, 5.41) is 28.1. The summed E-state index contributed by atoms with van der Waals surface area (Å²) in [7, 11) is -3.95. The number of carbonyl (C=O) groups is 1. The van der Waals surface area contributed by atoms with Crippen LogP contribution in [0.25, 0.3) is 0 Å². The van der Waals surface area contributed by atoms with E-state index in [9.17, 15) is 23.1 Å². The number of anilines is 1. The Labute approximate surface area is 233 Å². The van der Waals surface area contributed by atoms with Gasteiger partial charge in [0.1, 0.15) is 0 Å². The van der Waals surface area contributed by atoms with Crippen molar-refractivity contribution in [2.45, 2.75) is 64.4 Å². The van der Waals surface area contributed by atoms with Crippen molar-refractivity contribution < 1.29 is 23.4 Å². The van der Waals surface area contributed by atoms with Crippen LogP contribution < -0.4 is 16.0 Å². The molecular formula is C28H35N5O6S. The number of nitrogens with two attached hydrogens (primary N) is 1. The Morgan fingerprint density at radius 2 is 1.73 bits per heavy atom. The van der Waals surface area contributed by atoms with E-state index in [0.717, 1.165) is 25.7 Å². The highest BCUT2D eigenvalue weighted by Crippen LogP contribution is 2.29. The molecule has 0 bridgehead atoms. The van der Waals surface area contributed by atoms with Crippen LogP contribution in [0.1, 0.15) is 61.0 Å². The maximum absolute atomic E-state index is 13.3. The lowest BCUT2D eigenvalue weighted by molar-refractivity contribution is 0.0697.